The second kappa shape index (κ2) is 7.02. The van der Waals surface area contributed by atoms with Crippen molar-refractivity contribution in [1.29, 1.82) is 0 Å². The number of aromatic hydroxyl groups is 2. The molecule has 0 fully saturated rings. The number of hydrogen-bond donors (Lipinski definition) is 5. The summed E-state index contributed by atoms with van der Waals surface area (Å²) in [6, 6.07) is 3.81. The van der Waals surface area contributed by atoms with E-state index < -0.39 is 42.3 Å². The zero-order valence-electron chi connectivity index (χ0n) is 12.1. The van der Waals surface area contributed by atoms with Crippen LogP contribution in [0.15, 0.2) is 35.8 Å². The SMILES string of the molecule is O=C(C=Cc1ccc(O)c(O)c1)OC1=C(O)[C@@H]([C@@H](O)CO)OC1=O. The lowest BCUT2D eigenvalue weighted by Crippen LogP contribution is -2.31. The van der Waals surface area contributed by atoms with Crippen molar-refractivity contribution in [2.75, 3.05) is 6.61 Å². The molecule has 0 amide bonds. The van der Waals surface area contributed by atoms with E-state index in [4.69, 9.17) is 10.2 Å². The summed E-state index contributed by atoms with van der Waals surface area (Å²) < 4.78 is 9.26. The molecule has 0 aromatic heterocycles. The Morgan fingerprint density at radius 2 is 2.00 bits per heavy atom. The Morgan fingerprint density at radius 1 is 1.29 bits per heavy atom. The maximum absolute atomic E-state index is 11.7. The van der Waals surface area contributed by atoms with Crippen LogP contribution in [-0.2, 0) is 19.1 Å². The number of ether oxygens (including phenoxy) is 2. The second-order valence-corrected chi connectivity index (χ2v) is 4.79. The molecule has 0 saturated heterocycles. The molecule has 0 aliphatic carbocycles. The van der Waals surface area contributed by atoms with Gasteiger partial charge in [0.25, 0.3) is 5.76 Å². The average molecular weight is 338 g/mol. The summed E-state index contributed by atoms with van der Waals surface area (Å²) in [6.07, 6.45) is -0.918. The Bertz CT molecular complexity index is 720. The van der Waals surface area contributed by atoms with Crippen molar-refractivity contribution in [1.82, 2.24) is 0 Å². The molecule has 1 aliphatic heterocycles. The van der Waals surface area contributed by atoms with E-state index in [1.165, 1.54) is 24.3 Å². The fourth-order valence-electron chi connectivity index (χ4n) is 1.85. The molecule has 2 rings (SSSR count). The highest BCUT2D eigenvalue weighted by molar-refractivity contribution is 5.96. The number of phenolic OH excluding ortho intramolecular Hbond substituents is 2. The second-order valence-electron chi connectivity index (χ2n) is 4.79. The van der Waals surface area contributed by atoms with E-state index in [2.05, 4.69) is 9.47 Å². The van der Waals surface area contributed by atoms with Crippen LogP contribution < -0.4 is 0 Å². The Balaban J connectivity index is 2.08. The summed E-state index contributed by atoms with van der Waals surface area (Å²) in [5, 5.41) is 46.4. The first-order chi connectivity index (χ1) is 11.3. The lowest BCUT2D eigenvalue weighted by atomic mass is 10.2. The van der Waals surface area contributed by atoms with Gasteiger partial charge in [-0.2, -0.15) is 0 Å². The molecule has 9 heteroatoms. The largest absolute Gasteiger partial charge is 0.505 e. The molecule has 1 aromatic rings. The molecule has 0 bridgehead atoms. The Kier molecular flexibility index (Phi) is 5.07. The summed E-state index contributed by atoms with van der Waals surface area (Å²) in [6.45, 7) is -0.770. The van der Waals surface area contributed by atoms with Gasteiger partial charge in [-0.1, -0.05) is 6.07 Å². The Labute approximate surface area is 135 Å². The highest BCUT2D eigenvalue weighted by Crippen LogP contribution is 2.26. The standard InChI is InChI=1S/C15H14O9/c16-6-10(19)13-12(21)14(15(22)24-13)23-11(20)4-2-7-1-3-8(17)9(18)5-7/h1-5,10,13,16-19,21H,6H2/t10-,13+/m0/s1. The van der Waals surface area contributed by atoms with Crippen molar-refractivity contribution in [2.24, 2.45) is 0 Å². The van der Waals surface area contributed by atoms with Crippen molar-refractivity contribution in [3.63, 3.8) is 0 Å². The summed E-state index contributed by atoms with van der Waals surface area (Å²) in [7, 11) is 0. The van der Waals surface area contributed by atoms with Gasteiger partial charge in [0.15, 0.2) is 23.4 Å². The lowest BCUT2D eigenvalue weighted by molar-refractivity contribution is -0.151. The van der Waals surface area contributed by atoms with E-state index in [0.717, 1.165) is 6.08 Å². The first kappa shape index (κ1) is 17.3. The van der Waals surface area contributed by atoms with Gasteiger partial charge >= 0.3 is 11.9 Å². The van der Waals surface area contributed by atoms with Crippen LogP contribution in [0.25, 0.3) is 6.08 Å². The lowest BCUT2D eigenvalue weighted by Gasteiger charge is -2.13. The number of phenols is 2. The summed E-state index contributed by atoms with van der Waals surface area (Å²) in [4.78, 5) is 23.2. The summed E-state index contributed by atoms with van der Waals surface area (Å²) in [5.74, 6) is -4.48. The Hall–Kier alpha value is -3.04. The molecule has 24 heavy (non-hydrogen) atoms. The van der Waals surface area contributed by atoms with Crippen molar-refractivity contribution in [3.05, 3.63) is 41.4 Å². The van der Waals surface area contributed by atoms with Crippen LogP contribution in [0.1, 0.15) is 5.56 Å². The van der Waals surface area contributed by atoms with E-state index in [1.54, 1.807) is 0 Å². The van der Waals surface area contributed by atoms with Gasteiger partial charge in [-0.25, -0.2) is 9.59 Å². The quantitative estimate of drug-likeness (QED) is 0.276. The first-order valence-corrected chi connectivity index (χ1v) is 6.68. The summed E-state index contributed by atoms with van der Waals surface area (Å²) in [5.41, 5.74) is 0.364. The smallest absolute Gasteiger partial charge is 0.378 e. The first-order valence-electron chi connectivity index (χ1n) is 6.68. The monoisotopic (exact) mass is 338 g/mol. The fraction of sp³-hybridized carbons (Fsp3) is 0.200. The third-order valence-corrected chi connectivity index (χ3v) is 3.07. The van der Waals surface area contributed by atoms with Gasteiger partial charge in [0.1, 0.15) is 6.10 Å². The molecule has 1 aromatic carbocycles. The number of cyclic esters (lactones) is 1. The predicted octanol–water partition coefficient (Wildman–Crippen LogP) is -0.298. The maximum Gasteiger partial charge on any atom is 0.378 e. The van der Waals surface area contributed by atoms with Crippen LogP contribution in [0, 0.1) is 0 Å². The molecule has 9 nitrogen and oxygen atoms in total. The third-order valence-electron chi connectivity index (χ3n) is 3.07. The number of carbonyl (C=O) groups excluding carboxylic acids is 2. The van der Waals surface area contributed by atoms with E-state index in [1.807, 2.05) is 0 Å². The van der Waals surface area contributed by atoms with Gasteiger partial charge in [-0.15, -0.1) is 0 Å². The zero-order chi connectivity index (χ0) is 17.9. The molecule has 2 atom stereocenters. The van der Waals surface area contributed by atoms with Crippen molar-refractivity contribution >= 4 is 18.0 Å². The number of aliphatic hydroxyl groups is 3. The number of aliphatic hydroxyl groups excluding tert-OH is 3. The number of rotatable bonds is 5. The molecule has 128 valence electrons. The molecule has 1 heterocycles. The van der Waals surface area contributed by atoms with Crippen LogP contribution in [0.4, 0.5) is 0 Å². The van der Waals surface area contributed by atoms with E-state index in [-0.39, 0.29) is 11.5 Å². The van der Waals surface area contributed by atoms with Crippen LogP contribution in [0.2, 0.25) is 0 Å². The van der Waals surface area contributed by atoms with E-state index in [9.17, 15) is 24.9 Å². The van der Waals surface area contributed by atoms with Gasteiger partial charge < -0.3 is 35.0 Å². The van der Waals surface area contributed by atoms with Crippen LogP contribution in [-0.4, -0.2) is 56.3 Å². The van der Waals surface area contributed by atoms with Crippen molar-refractivity contribution in [3.8, 4) is 11.5 Å². The number of esters is 2. The maximum atomic E-state index is 11.7. The predicted molar refractivity (Wildman–Crippen MR) is 77.5 cm³/mol. The third kappa shape index (κ3) is 3.65. The molecular weight excluding hydrogens is 324 g/mol. The minimum absolute atomic E-state index is 0.327. The molecular formula is C15H14O9. The topological polar surface area (TPSA) is 154 Å². The average Bonchev–Trinajstić information content (AvgIpc) is 2.83. The van der Waals surface area contributed by atoms with Crippen LogP contribution >= 0.6 is 0 Å². The van der Waals surface area contributed by atoms with Crippen molar-refractivity contribution in [2.45, 2.75) is 12.2 Å². The molecule has 0 unspecified atom stereocenters. The van der Waals surface area contributed by atoms with Gasteiger partial charge in [0.2, 0.25) is 0 Å². The highest BCUT2D eigenvalue weighted by Gasteiger charge is 2.41. The zero-order valence-corrected chi connectivity index (χ0v) is 12.1. The van der Waals surface area contributed by atoms with Gasteiger partial charge in [0, 0.05) is 6.08 Å². The Morgan fingerprint density at radius 3 is 2.62 bits per heavy atom. The minimum Gasteiger partial charge on any atom is -0.505 e. The van der Waals surface area contributed by atoms with Gasteiger partial charge in [-0.3, -0.25) is 0 Å². The number of hydrogen-bond acceptors (Lipinski definition) is 9. The molecule has 0 radical (unpaired) electrons. The van der Waals surface area contributed by atoms with E-state index >= 15 is 0 Å². The molecule has 1 aliphatic rings. The minimum atomic E-state index is -1.55. The number of benzene rings is 1. The van der Waals surface area contributed by atoms with Gasteiger partial charge in [0.05, 0.1) is 6.61 Å². The van der Waals surface area contributed by atoms with Crippen LogP contribution in [0.5, 0.6) is 11.5 Å². The summed E-state index contributed by atoms with van der Waals surface area (Å²) >= 11 is 0. The molecule has 5 N–H and O–H groups in total. The van der Waals surface area contributed by atoms with E-state index in [0.29, 0.717) is 5.56 Å². The molecule has 0 saturated carbocycles. The number of carbonyl (C=O) groups is 2. The normalized spacial score (nSPS) is 18.8. The van der Waals surface area contributed by atoms with Crippen molar-refractivity contribution < 1.29 is 44.6 Å². The molecule has 0 spiro atoms. The van der Waals surface area contributed by atoms with Gasteiger partial charge in [-0.05, 0) is 23.8 Å². The van der Waals surface area contributed by atoms with Crippen LogP contribution in [0.3, 0.4) is 0 Å². The fourth-order valence-corrected chi connectivity index (χ4v) is 1.85. The highest BCUT2D eigenvalue weighted by atomic mass is 16.6.